The fourth-order valence-electron chi connectivity index (χ4n) is 7.15. The quantitative estimate of drug-likeness (QED) is 0.220. The molecule has 0 radical (unpaired) electrons. The van der Waals surface area contributed by atoms with Gasteiger partial charge in [0.25, 0.3) is 0 Å². The Balaban J connectivity index is 1.51. The molecule has 7 rings (SSSR count). The second-order valence-corrected chi connectivity index (χ2v) is 11.0. The van der Waals surface area contributed by atoms with E-state index in [-0.39, 0.29) is 5.41 Å². The van der Waals surface area contributed by atoms with Crippen LogP contribution in [0.15, 0.2) is 103 Å². The zero-order valence-corrected chi connectivity index (χ0v) is 21.9. The fourth-order valence-corrected chi connectivity index (χ4v) is 7.15. The molecule has 0 atom stereocenters. The number of rotatable bonds is 3. The van der Waals surface area contributed by atoms with E-state index in [0.29, 0.717) is 6.54 Å². The molecule has 0 heterocycles. The molecule has 182 valence electrons. The predicted molar refractivity (Wildman–Crippen MR) is 156 cm³/mol. The molecule has 0 aromatic heterocycles. The molecule has 2 aliphatic rings. The van der Waals surface area contributed by atoms with Crippen LogP contribution in [0, 0.1) is 20.4 Å². The van der Waals surface area contributed by atoms with Crippen LogP contribution in [-0.4, -0.2) is 0 Å². The molecule has 1 nitrogen and oxygen atoms in total. The maximum absolute atomic E-state index is 7.48. The van der Waals surface area contributed by atoms with E-state index >= 15 is 0 Å². The van der Waals surface area contributed by atoms with Gasteiger partial charge in [-0.1, -0.05) is 108 Å². The van der Waals surface area contributed by atoms with Gasteiger partial charge in [0.05, 0.1) is 5.41 Å². The van der Waals surface area contributed by atoms with Gasteiger partial charge in [0.2, 0.25) is 6.54 Å². The third-order valence-corrected chi connectivity index (χ3v) is 8.44. The number of benzene rings is 5. The Morgan fingerprint density at radius 1 is 0.605 bits per heavy atom. The van der Waals surface area contributed by atoms with Gasteiger partial charge in [-0.15, -0.1) is 0 Å². The van der Waals surface area contributed by atoms with Crippen molar-refractivity contribution >= 4 is 0 Å². The van der Waals surface area contributed by atoms with E-state index in [9.17, 15) is 0 Å². The lowest BCUT2D eigenvalue weighted by Crippen LogP contribution is -2.34. The first kappa shape index (κ1) is 22.8. The molecule has 0 saturated carbocycles. The maximum Gasteiger partial charge on any atom is 0.239 e. The molecule has 0 amide bonds. The smallest absolute Gasteiger partial charge is 0.239 e. The topological polar surface area (TPSA) is 4.36 Å². The highest BCUT2D eigenvalue weighted by molar-refractivity contribution is 5.88. The SMILES string of the molecule is [C-]#[N+]Cc1ccc2c(c1)-c1cc(Cc3cc(C)cc(C)c3)ccc1C21c2ccccc2Cc2ccccc21. The van der Waals surface area contributed by atoms with Crippen molar-refractivity contribution in [1.29, 1.82) is 0 Å². The average Bonchev–Trinajstić information content (AvgIpc) is 3.18. The van der Waals surface area contributed by atoms with E-state index < -0.39 is 0 Å². The highest BCUT2D eigenvalue weighted by Gasteiger charge is 2.49. The van der Waals surface area contributed by atoms with Gasteiger partial charge < -0.3 is 4.85 Å². The number of fused-ring (bicyclic) bond motifs is 9. The van der Waals surface area contributed by atoms with Crippen LogP contribution in [0.5, 0.6) is 0 Å². The van der Waals surface area contributed by atoms with Crippen molar-refractivity contribution in [3.05, 3.63) is 176 Å². The minimum absolute atomic E-state index is 0.342. The number of aryl methyl sites for hydroxylation is 2. The fraction of sp³-hybridized carbons (Fsp3) is 0.162. The summed E-state index contributed by atoms with van der Waals surface area (Å²) in [5.41, 5.74) is 16.9. The largest absolute Gasteiger partial charge is 0.312 e. The van der Waals surface area contributed by atoms with Gasteiger partial charge >= 0.3 is 0 Å². The monoisotopic (exact) mass is 487 g/mol. The summed E-state index contributed by atoms with van der Waals surface area (Å²) in [5.74, 6) is 0. The molecule has 2 aliphatic carbocycles. The summed E-state index contributed by atoms with van der Waals surface area (Å²) in [5, 5.41) is 0. The molecule has 0 fully saturated rings. The molecule has 0 bridgehead atoms. The molecular weight excluding hydrogens is 458 g/mol. The van der Waals surface area contributed by atoms with Crippen molar-refractivity contribution in [3.63, 3.8) is 0 Å². The second-order valence-electron chi connectivity index (χ2n) is 11.0. The van der Waals surface area contributed by atoms with Crippen LogP contribution in [0.3, 0.4) is 0 Å². The van der Waals surface area contributed by atoms with Gasteiger partial charge in [0.15, 0.2) is 0 Å². The van der Waals surface area contributed by atoms with Crippen molar-refractivity contribution in [1.82, 2.24) is 0 Å². The minimum Gasteiger partial charge on any atom is -0.312 e. The van der Waals surface area contributed by atoms with Gasteiger partial charge in [-0.25, -0.2) is 6.57 Å². The number of hydrogen-bond acceptors (Lipinski definition) is 0. The maximum atomic E-state index is 7.48. The summed E-state index contributed by atoms with van der Waals surface area (Å²) < 4.78 is 0. The van der Waals surface area contributed by atoms with Crippen molar-refractivity contribution in [2.45, 2.75) is 38.6 Å². The Morgan fingerprint density at radius 3 is 1.76 bits per heavy atom. The summed E-state index contributed by atoms with van der Waals surface area (Å²) in [7, 11) is 0. The first-order valence-electron chi connectivity index (χ1n) is 13.4. The lowest BCUT2D eigenvalue weighted by molar-refractivity contribution is 0.721. The Hall–Kier alpha value is -4.41. The van der Waals surface area contributed by atoms with E-state index in [1.807, 2.05) is 0 Å². The van der Waals surface area contributed by atoms with Gasteiger partial charge in [0.1, 0.15) is 0 Å². The van der Waals surface area contributed by atoms with Gasteiger partial charge in [-0.2, -0.15) is 0 Å². The first-order chi connectivity index (χ1) is 18.6. The lowest BCUT2D eigenvalue weighted by atomic mass is 9.61. The van der Waals surface area contributed by atoms with E-state index in [1.165, 1.54) is 66.8 Å². The normalized spacial score (nSPS) is 13.8. The van der Waals surface area contributed by atoms with Crippen LogP contribution in [0.2, 0.25) is 0 Å². The van der Waals surface area contributed by atoms with Crippen LogP contribution in [0.4, 0.5) is 0 Å². The standard InChI is InChI=1S/C37H29N/c1-24-16-25(2)18-28(17-24)19-26-12-14-35-31(20-26)32-21-27(23-38-3)13-15-36(32)37(35)33-10-6-4-8-29(33)22-30-9-5-7-11-34(30)37/h4-18,20-21H,19,22-23H2,1-2H3. The van der Waals surface area contributed by atoms with Gasteiger partial charge in [-0.3, -0.25) is 0 Å². The van der Waals surface area contributed by atoms with E-state index in [2.05, 4.69) is 122 Å². The van der Waals surface area contributed by atoms with Crippen molar-refractivity contribution in [3.8, 4) is 11.1 Å². The summed E-state index contributed by atoms with van der Waals surface area (Å²) in [4.78, 5) is 3.70. The van der Waals surface area contributed by atoms with Crippen molar-refractivity contribution in [2.75, 3.05) is 0 Å². The van der Waals surface area contributed by atoms with Crippen LogP contribution in [0.1, 0.15) is 61.2 Å². The van der Waals surface area contributed by atoms with Gasteiger partial charge in [0, 0.05) is 5.56 Å². The van der Waals surface area contributed by atoms with Crippen LogP contribution in [0.25, 0.3) is 16.0 Å². The van der Waals surface area contributed by atoms with Crippen LogP contribution in [-0.2, 0) is 24.8 Å². The van der Waals surface area contributed by atoms with Gasteiger partial charge in [-0.05, 0) is 88.4 Å². The number of hydrogen-bond donors (Lipinski definition) is 0. The molecular formula is C37H29N. The molecule has 5 aromatic rings. The summed E-state index contributed by atoms with van der Waals surface area (Å²) in [6.45, 7) is 12.2. The third kappa shape index (κ3) is 3.30. The second kappa shape index (κ2) is 8.57. The molecule has 0 unspecified atom stereocenters. The molecule has 38 heavy (non-hydrogen) atoms. The molecule has 0 saturated heterocycles. The highest BCUT2D eigenvalue weighted by Crippen LogP contribution is 2.59. The van der Waals surface area contributed by atoms with E-state index in [1.54, 1.807) is 0 Å². The Kier molecular flexibility index (Phi) is 5.14. The Bertz CT molecular complexity index is 1720. The minimum atomic E-state index is -0.342. The molecule has 1 spiro atoms. The third-order valence-electron chi connectivity index (χ3n) is 8.44. The Labute approximate surface area is 225 Å². The summed E-state index contributed by atoms with van der Waals surface area (Å²) in [6.07, 6.45) is 1.87. The molecule has 1 heteroatoms. The average molecular weight is 488 g/mol. The highest BCUT2D eigenvalue weighted by atomic mass is 14.6. The van der Waals surface area contributed by atoms with Crippen LogP contribution < -0.4 is 0 Å². The lowest BCUT2D eigenvalue weighted by Gasteiger charge is -2.40. The molecule has 0 aliphatic heterocycles. The zero-order valence-electron chi connectivity index (χ0n) is 21.9. The van der Waals surface area contributed by atoms with Crippen LogP contribution >= 0.6 is 0 Å². The Morgan fingerprint density at radius 2 is 1.16 bits per heavy atom. The zero-order chi connectivity index (χ0) is 25.9. The number of nitrogens with zero attached hydrogens (tertiary/aromatic N) is 1. The van der Waals surface area contributed by atoms with Crippen molar-refractivity contribution < 1.29 is 0 Å². The summed E-state index contributed by atoms with van der Waals surface area (Å²) >= 11 is 0. The van der Waals surface area contributed by atoms with E-state index in [4.69, 9.17) is 6.57 Å². The van der Waals surface area contributed by atoms with Crippen molar-refractivity contribution in [2.24, 2.45) is 0 Å². The molecule has 0 N–H and O–H groups in total. The summed E-state index contributed by atoms with van der Waals surface area (Å²) in [6, 6.07) is 38.7. The molecule has 5 aromatic carbocycles. The predicted octanol–water partition coefficient (Wildman–Crippen LogP) is 8.58. The first-order valence-corrected chi connectivity index (χ1v) is 13.4. The van der Waals surface area contributed by atoms with E-state index in [0.717, 1.165) is 18.4 Å².